The molecule has 0 saturated carbocycles. The lowest BCUT2D eigenvalue weighted by atomic mass is 9.91. The lowest BCUT2D eigenvalue weighted by Gasteiger charge is -2.23. The third-order valence-corrected chi connectivity index (χ3v) is 4.66. The highest BCUT2D eigenvalue weighted by Crippen LogP contribution is 2.26. The number of halogens is 2. The average Bonchev–Trinajstić information content (AvgIpc) is 2.63. The van der Waals surface area contributed by atoms with Crippen LogP contribution in [0.15, 0.2) is 42.5 Å². The van der Waals surface area contributed by atoms with Crippen LogP contribution in [0.25, 0.3) is 0 Å². The molecule has 6 heteroatoms. The smallest absolute Gasteiger partial charge is 0.255 e. The molecule has 1 fully saturated rings. The van der Waals surface area contributed by atoms with E-state index in [1.165, 1.54) is 25.5 Å². The van der Waals surface area contributed by atoms with Gasteiger partial charge in [-0.2, -0.15) is 0 Å². The van der Waals surface area contributed by atoms with Gasteiger partial charge in [0.05, 0.1) is 12.1 Å². The molecule has 1 saturated heterocycles. The summed E-state index contributed by atoms with van der Waals surface area (Å²) in [6.07, 6.45) is 2.42. The molecule has 4 nitrogen and oxygen atoms in total. The van der Waals surface area contributed by atoms with Gasteiger partial charge in [0, 0.05) is 17.8 Å². The number of carbonyl (C=O) groups is 1. The van der Waals surface area contributed by atoms with Crippen LogP contribution in [0.3, 0.4) is 0 Å². The number of carbonyl (C=O) groups excluding carboxylic acids is 1. The predicted molar refractivity (Wildman–Crippen MR) is 104 cm³/mol. The Morgan fingerprint density at radius 2 is 2.00 bits per heavy atom. The summed E-state index contributed by atoms with van der Waals surface area (Å²) >= 11 is 5.99. The minimum atomic E-state index is -0.183. The molecule has 2 aromatic carbocycles. The highest BCUT2D eigenvalue weighted by molar-refractivity contribution is 6.32. The van der Waals surface area contributed by atoms with Crippen molar-refractivity contribution in [2.24, 2.45) is 0 Å². The summed E-state index contributed by atoms with van der Waals surface area (Å²) in [7, 11) is 1.53. The van der Waals surface area contributed by atoms with Gasteiger partial charge in [-0.25, -0.2) is 0 Å². The molecule has 1 aliphatic heterocycles. The number of piperidine rings is 1. The van der Waals surface area contributed by atoms with E-state index in [0.29, 0.717) is 22.3 Å². The largest absolute Gasteiger partial charge is 0.495 e. The molecule has 2 N–H and O–H groups in total. The number of hydrogen-bond donors (Lipinski definition) is 2. The van der Waals surface area contributed by atoms with Gasteiger partial charge in [-0.05, 0) is 61.2 Å². The van der Waals surface area contributed by atoms with Gasteiger partial charge in [-0.3, -0.25) is 4.79 Å². The number of methoxy groups -OCH3 is 1. The molecule has 1 amide bonds. The van der Waals surface area contributed by atoms with Crippen LogP contribution in [0.5, 0.6) is 5.75 Å². The van der Waals surface area contributed by atoms with Crippen LogP contribution in [-0.4, -0.2) is 26.1 Å². The maximum atomic E-state index is 12.4. The minimum Gasteiger partial charge on any atom is -0.495 e. The summed E-state index contributed by atoms with van der Waals surface area (Å²) in [5, 5.41) is 6.82. The van der Waals surface area contributed by atoms with E-state index in [1.54, 1.807) is 18.2 Å². The molecule has 2 aromatic rings. The molecule has 0 spiro atoms. The standard InChI is InChI=1S/C19H21ClN2O2.ClH/c1-24-18-11-14(6-9-17(18)20)19(23)22-16-7-4-13(5-8-16)15-3-2-10-21-12-15;/h4-9,11,15,21H,2-3,10,12H2,1H3,(H,22,23);1H/t15-;/m1./s1. The van der Waals surface area contributed by atoms with Crippen molar-refractivity contribution in [3.63, 3.8) is 0 Å². The summed E-state index contributed by atoms with van der Waals surface area (Å²) in [6, 6.07) is 13.1. The first-order valence-corrected chi connectivity index (χ1v) is 8.51. The van der Waals surface area contributed by atoms with E-state index in [2.05, 4.69) is 22.8 Å². The van der Waals surface area contributed by atoms with Gasteiger partial charge in [0.15, 0.2) is 0 Å². The molecule has 134 valence electrons. The normalized spacial score (nSPS) is 16.6. The van der Waals surface area contributed by atoms with E-state index in [0.717, 1.165) is 18.8 Å². The van der Waals surface area contributed by atoms with Crippen molar-refractivity contribution in [3.05, 3.63) is 58.6 Å². The van der Waals surface area contributed by atoms with Gasteiger partial charge in [0.1, 0.15) is 5.75 Å². The van der Waals surface area contributed by atoms with Gasteiger partial charge >= 0.3 is 0 Å². The first kappa shape index (κ1) is 19.6. The molecular weight excluding hydrogens is 359 g/mol. The maximum Gasteiger partial charge on any atom is 0.255 e. The second-order valence-corrected chi connectivity index (χ2v) is 6.38. The molecular formula is C19H22Cl2N2O2. The second-order valence-electron chi connectivity index (χ2n) is 5.97. The number of rotatable bonds is 4. The van der Waals surface area contributed by atoms with Crippen molar-refractivity contribution >= 4 is 35.6 Å². The van der Waals surface area contributed by atoms with Crippen molar-refractivity contribution in [1.29, 1.82) is 0 Å². The Morgan fingerprint density at radius 1 is 1.24 bits per heavy atom. The zero-order chi connectivity index (χ0) is 16.9. The van der Waals surface area contributed by atoms with Crippen molar-refractivity contribution in [2.45, 2.75) is 18.8 Å². The number of benzene rings is 2. The van der Waals surface area contributed by atoms with Crippen molar-refractivity contribution < 1.29 is 9.53 Å². The fourth-order valence-corrected chi connectivity index (χ4v) is 3.17. The van der Waals surface area contributed by atoms with Gasteiger partial charge in [-0.1, -0.05) is 23.7 Å². The summed E-state index contributed by atoms with van der Waals surface area (Å²) in [5.41, 5.74) is 2.60. The number of amides is 1. The Morgan fingerprint density at radius 3 is 2.64 bits per heavy atom. The fourth-order valence-electron chi connectivity index (χ4n) is 2.98. The first-order chi connectivity index (χ1) is 11.7. The Bertz CT molecular complexity index is 714. The Kier molecular flexibility index (Phi) is 7.12. The molecule has 0 radical (unpaired) electrons. The monoisotopic (exact) mass is 380 g/mol. The summed E-state index contributed by atoms with van der Waals surface area (Å²) < 4.78 is 5.15. The number of anilines is 1. The molecule has 0 bridgehead atoms. The summed E-state index contributed by atoms with van der Waals surface area (Å²) in [6.45, 7) is 2.13. The molecule has 1 heterocycles. The minimum absolute atomic E-state index is 0. The number of hydrogen-bond acceptors (Lipinski definition) is 3. The van der Waals surface area contributed by atoms with Crippen LogP contribution < -0.4 is 15.4 Å². The molecule has 3 rings (SSSR count). The van der Waals surface area contributed by atoms with Gasteiger partial charge in [0.25, 0.3) is 5.91 Å². The molecule has 25 heavy (non-hydrogen) atoms. The topological polar surface area (TPSA) is 50.4 Å². The van der Waals surface area contributed by atoms with Crippen LogP contribution in [0.4, 0.5) is 5.69 Å². The molecule has 1 atom stereocenters. The Labute approximate surface area is 159 Å². The molecule has 0 aliphatic carbocycles. The van der Waals surface area contributed by atoms with E-state index in [-0.39, 0.29) is 18.3 Å². The maximum absolute atomic E-state index is 12.4. The highest BCUT2D eigenvalue weighted by atomic mass is 35.5. The van der Waals surface area contributed by atoms with Crippen molar-refractivity contribution in [2.75, 3.05) is 25.5 Å². The van der Waals surface area contributed by atoms with Crippen molar-refractivity contribution in [1.82, 2.24) is 5.32 Å². The van der Waals surface area contributed by atoms with E-state index >= 15 is 0 Å². The van der Waals surface area contributed by atoms with Crippen LogP contribution in [0.1, 0.15) is 34.7 Å². The fraction of sp³-hybridized carbons (Fsp3) is 0.316. The average molecular weight is 381 g/mol. The summed E-state index contributed by atoms with van der Waals surface area (Å²) in [4.78, 5) is 12.4. The number of nitrogens with one attached hydrogen (secondary N) is 2. The van der Waals surface area contributed by atoms with Gasteiger partial charge < -0.3 is 15.4 Å². The molecule has 0 unspecified atom stereocenters. The van der Waals surface area contributed by atoms with Crippen LogP contribution in [-0.2, 0) is 0 Å². The Hall–Kier alpha value is -1.75. The lowest BCUT2D eigenvalue weighted by Crippen LogP contribution is -2.28. The van der Waals surface area contributed by atoms with Crippen LogP contribution >= 0.6 is 24.0 Å². The van der Waals surface area contributed by atoms with E-state index in [4.69, 9.17) is 16.3 Å². The highest BCUT2D eigenvalue weighted by Gasteiger charge is 2.15. The van der Waals surface area contributed by atoms with Crippen molar-refractivity contribution in [3.8, 4) is 5.75 Å². The van der Waals surface area contributed by atoms with Crippen LogP contribution in [0, 0.1) is 0 Å². The zero-order valence-electron chi connectivity index (χ0n) is 14.0. The predicted octanol–water partition coefficient (Wildman–Crippen LogP) is 4.49. The lowest BCUT2D eigenvalue weighted by molar-refractivity contribution is 0.102. The van der Waals surface area contributed by atoms with E-state index in [9.17, 15) is 4.79 Å². The van der Waals surface area contributed by atoms with E-state index in [1.807, 2.05) is 12.1 Å². The third kappa shape index (κ3) is 4.88. The van der Waals surface area contributed by atoms with E-state index < -0.39 is 0 Å². The number of ether oxygens (including phenoxy) is 1. The quantitative estimate of drug-likeness (QED) is 0.821. The second kappa shape index (κ2) is 9.09. The Balaban J connectivity index is 0.00000225. The molecule has 0 aromatic heterocycles. The zero-order valence-corrected chi connectivity index (χ0v) is 15.6. The first-order valence-electron chi connectivity index (χ1n) is 8.13. The SMILES string of the molecule is COc1cc(C(=O)Nc2ccc([C@@H]3CCCNC3)cc2)ccc1Cl.Cl. The summed E-state index contributed by atoms with van der Waals surface area (Å²) in [5.74, 6) is 0.866. The third-order valence-electron chi connectivity index (χ3n) is 4.35. The van der Waals surface area contributed by atoms with Crippen LogP contribution in [0.2, 0.25) is 5.02 Å². The van der Waals surface area contributed by atoms with Gasteiger partial charge in [-0.15, -0.1) is 12.4 Å². The molecule has 1 aliphatic rings. The van der Waals surface area contributed by atoms with Gasteiger partial charge in [0.2, 0.25) is 0 Å².